The van der Waals surface area contributed by atoms with Crippen LogP contribution in [0.2, 0.25) is 0 Å². The number of aromatic nitrogens is 1. The number of nitrogens with two attached hydrogens (primary N) is 1. The highest BCUT2D eigenvalue weighted by molar-refractivity contribution is 7.21. The summed E-state index contributed by atoms with van der Waals surface area (Å²) in [6.07, 6.45) is 6.16. The molecule has 102 valence electrons. The summed E-state index contributed by atoms with van der Waals surface area (Å²) in [5, 5.41) is 0.911. The highest BCUT2D eigenvalue weighted by atomic mass is 32.1. The van der Waals surface area contributed by atoms with E-state index in [9.17, 15) is 4.79 Å². The Hall–Kier alpha value is -1.62. The van der Waals surface area contributed by atoms with Crippen LogP contribution in [-0.2, 0) is 0 Å². The van der Waals surface area contributed by atoms with Crippen LogP contribution >= 0.6 is 11.3 Å². The second-order valence-electron chi connectivity index (χ2n) is 4.64. The first-order chi connectivity index (χ1) is 9.19. The number of anilines is 2. The van der Waals surface area contributed by atoms with Crippen molar-refractivity contribution in [1.82, 2.24) is 4.98 Å². The third-order valence-electron chi connectivity index (χ3n) is 3.25. The van der Waals surface area contributed by atoms with Crippen LogP contribution in [0.1, 0.15) is 35.9 Å². The van der Waals surface area contributed by atoms with Crippen LogP contribution in [0.3, 0.4) is 0 Å². The molecule has 0 aliphatic rings. The molecule has 0 atom stereocenters. The fraction of sp³-hybridized carbons (Fsp3) is 0.429. The van der Waals surface area contributed by atoms with Gasteiger partial charge < -0.3 is 10.6 Å². The van der Waals surface area contributed by atoms with Crippen molar-refractivity contribution >= 4 is 39.2 Å². The minimum Gasteiger partial charge on any atom is -0.397 e. The monoisotopic (exact) mass is 277 g/mol. The van der Waals surface area contributed by atoms with E-state index in [1.165, 1.54) is 24.2 Å². The van der Waals surface area contributed by atoms with Gasteiger partial charge in [-0.15, -0.1) is 11.3 Å². The molecule has 2 rings (SSSR count). The normalized spacial score (nSPS) is 10.8. The number of pyridine rings is 1. The topological polar surface area (TPSA) is 59.2 Å². The SMILES string of the molecule is CCCCCN(C)c1ccnc2sc(C=O)c(N)c12. The lowest BCUT2D eigenvalue weighted by Crippen LogP contribution is -2.18. The highest BCUT2D eigenvalue weighted by Crippen LogP contribution is 2.37. The second kappa shape index (κ2) is 6.02. The second-order valence-corrected chi connectivity index (χ2v) is 5.67. The molecule has 0 radical (unpaired) electrons. The van der Waals surface area contributed by atoms with E-state index in [1.807, 2.05) is 6.07 Å². The van der Waals surface area contributed by atoms with Gasteiger partial charge in [-0.05, 0) is 12.5 Å². The predicted octanol–water partition coefficient (Wildman–Crippen LogP) is 3.32. The Morgan fingerprint density at radius 2 is 2.26 bits per heavy atom. The number of aldehydes is 1. The van der Waals surface area contributed by atoms with E-state index in [0.29, 0.717) is 10.6 Å². The lowest BCUT2D eigenvalue weighted by molar-refractivity contribution is 0.112. The molecule has 0 aliphatic carbocycles. The lowest BCUT2D eigenvalue weighted by Gasteiger charge is -2.20. The Labute approximate surface area is 117 Å². The number of unbranched alkanes of at least 4 members (excludes halogenated alkanes) is 2. The van der Waals surface area contributed by atoms with E-state index in [2.05, 4.69) is 23.9 Å². The zero-order chi connectivity index (χ0) is 13.8. The van der Waals surface area contributed by atoms with Crippen LogP contribution in [0.5, 0.6) is 0 Å². The molecule has 0 amide bonds. The number of hydrogen-bond acceptors (Lipinski definition) is 5. The number of carbonyl (C=O) groups is 1. The average molecular weight is 277 g/mol. The van der Waals surface area contributed by atoms with E-state index >= 15 is 0 Å². The number of fused-ring (bicyclic) bond motifs is 1. The van der Waals surface area contributed by atoms with E-state index in [1.54, 1.807) is 6.20 Å². The molecule has 0 saturated carbocycles. The van der Waals surface area contributed by atoms with Crippen LogP contribution in [0, 0.1) is 0 Å². The largest absolute Gasteiger partial charge is 0.397 e. The molecule has 0 unspecified atom stereocenters. The summed E-state index contributed by atoms with van der Waals surface area (Å²) >= 11 is 1.35. The fourth-order valence-corrected chi connectivity index (χ4v) is 3.07. The molecule has 5 heteroatoms. The van der Waals surface area contributed by atoms with Gasteiger partial charge in [0.2, 0.25) is 0 Å². The summed E-state index contributed by atoms with van der Waals surface area (Å²) < 4.78 is 0. The minimum absolute atomic E-state index is 0.556. The summed E-state index contributed by atoms with van der Waals surface area (Å²) in [5.74, 6) is 0. The van der Waals surface area contributed by atoms with Gasteiger partial charge in [0.1, 0.15) is 4.83 Å². The Kier molecular flexibility index (Phi) is 4.37. The van der Waals surface area contributed by atoms with Gasteiger partial charge in [-0.2, -0.15) is 0 Å². The van der Waals surface area contributed by atoms with Crippen molar-refractivity contribution in [1.29, 1.82) is 0 Å². The number of hydrogen-bond donors (Lipinski definition) is 1. The van der Waals surface area contributed by atoms with Gasteiger partial charge in [0, 0.05) is 19.8 Å². The van der Waals surface area contributed by atoms with Crippen LogP contribution in [0.15, 0.2) is 12.3 Å². The number of nitrogens with zero attached hydrogens (tertiary/aromatic N) is 2. The predicted molar refractivity (Wildman–Crippen MR) is 82.2 cm³/mol. The van der Waals surface area contributed by atoms with Crippen molar-refractivity contribution in [2.24, 2.45) is 0 Å². The molecule has 0 bridgehead atoms. The average Bonchev–Trinajstić information content (AvgIpc) is 2.75. The Morgan fingerprint density at radius 3 is 2.95 bits per heavy atom. The maximum Gasteiger partial charge on any atom is 0.162 e. The Balaban J connectivity index is 2.37. The van der Waals surface area contributed by atoms with E-state index in [-0.39, 0.29) is 0 Å². The molecule has 19 heavy (non-hydrogen) atoms. The number of nitrogen functional groups attached to an aromatic ring is 1. The molecular formula is C14H19N3OS. The number of thiophene rings is 1. The van der Waals surface area contributed by atoms with Crippen LogP contribution in [-0.4, -0.2) is 24.9 Å². The molecule has 0 aromatic carbocycles. The molecule has 4 nitrogen and oxygen atoms in total. The third kappa shape index (κ3) is 2.71. The van der Waals surface area contributed by atoms with E-state index in [0.717, 1.165) is 35.2 Å². The van der Waals surface area contributed by atoms with Gasteiger partial charge >= 0.3 is 0 Å². The molecular weight excluding hydrogens is 258 g/mol. The molecule has 2 heterocycles. The molecule has 2 aromatic heterocycles. The highest BCUT2D eigenvalue weighted by Gasteiger charge is 2.15. The maximum atomic E-state index is 11.0. The van der Waals surface area contributed by atoms with Gasteiger partial charge in [0.25, 0.3) is 0 Å². The van der Waals surface area contributed by atoms with Crippen molar-refractivity contribution in [3.8, 4) is 0 Å². The first-order valence-electron chi connectivity index (χ1n) is 6.52. The Morgan fingerprint density at radius 1 is 1.47 bits per heavy atom. The van der Waals surface area contributed by atoms with Crippen LogP contribution < -0.4 is 10.6 Å². The van der Waals surface area contributed by atoms with Crippen LogP contribution in [0.4, 0.5) is 11.4 Å². The molecule has 2 N–H and O–H groups in total. The van der Waals surface area contributed by atoms with Gasteiger partial charge in [-0.3, -0.25) is 4.79 Å². The van der Waals surface area contributed by atoms with E-state index < -0.39 is 0 Å². The molecule has 0 saturated heterocycles. The van der Waals surface area contributed by atoms with Gasteiger partial charge in [0.05, 0.1) is 21.6 Å². The standard InChI is InChI=1S/C14H19N3OS/c1-3-4-5-8-17(2)10-6-7-16-14-12(10)13(15)11(9-18)19-14/h6-7,9H,3-5,8,15H2,1-2H3. The fourth-order valence-electron chi connectivity index (χ4n) is 2.17. The first kappa shape index (κ1) is 13.8. The summed E-state index contributed by atoms with van der Waals surface area (Å²) in [4.78, 5) is 18.9. The molecule has 0 fully saturated rings. The first-order valence-corrected chi connectivity index (χ1v) is 7.34. The van der Waals surface area contributed by atoms with Crippen molar-refractivity contribution < 1.29 is 4.79 Å². The molecule has 0 aliphatic heterocycles. The smallest absolute Gasteiger partial charge is 0.162 e. The zero-order valence-electron chi connectivity index (χ0n) is 11.3. The van der Waals surface area contributed by atoms with Gasteiger partial charge in [0.15, 0.2) is 6.29 Å². The quantitative estimate of drug-likeness (QED) is 0.650. The summed E-state index contributed by atoms with van der Waals surface area (Å²) in [6.45, 7) is 3.18. The maximum absolute atomic E-state index is 11.0. The number of carbonyl (C=O) groups excluding carboxylic acids is 1. The van der Waals surface area contributed by atoms with Crippen LogP contribution in [0.25, 0.3) is 10.2 Å². The van der Waals surface area contributed by atoms with E-state index in [4.69, 9.17) is 5.73 Å². The van der Waals surface area contributed by atoms with Crippen molar-refractivity contribution in [3.05, 3.63) is 17.1 Å². The molecule has 0 spiro atoms. The zero-order valence-corrected chi connectivity index (χ0v) is 12.2. The third-order valence-corrected chi connectivity index (χ3v) is 4.29. The summed E-state index contributed by atoms with van der Waals surface area (Å²) in [7, 11) is 2.06. The minimum atomic E-state index is 0.556. The molecule has 2 aromatic rings. The van der Waals surface area contributed by atoms with Crippen molar-refractivity contribution in [2.75, 3.05) is 24.2 Å². The summed E-state index contributed by atoms with van der Waals surface area (Å²) in [6, 6.07) is 1.96. The lowest BCUT2D eigenvalue weighted by atomic mass is 10.2. The van der Waals surface area contributed by atoms with Gasteiger partial charge in [-0.1, -0.05) is 19.8 Å². The van der Waals surface area contributed by atoms with Crippen molar-refractivity contribution in [3.63, 3.8) is 0 Å². The number of rotatable bonds is 6. The van der Waals surface area contributed by atoms with Gasteiger partial charge in [-0.25, -0.2) is 4.98 Å². The van der Waals surface area contributed by atoms with Crippen molar-refractivity contribution in [2.45, 2.75) is 26.2 Å². The Bertz CT molecular complexity index is 579. The summed E-state index contributed by atoms with van der Waals surface area (Å²) in [5.41, 5.74) is 7.67.